The maximum atomic E-state index is 12.7. The molecule has 1 aliphatic heterocycles. The molecule has 1 atom stereocenters. The van der Waals surface area contributed by atoms with E-state index in [1.807, 2.05) is 0 Å². The third kappa shape index (κ3) is 3.55. The minimum Gasteiger partial charge on any atom is -0.350 e. The highest BCUT2D eigenvalue weighted by Gasteiger charge is 2.35. The number of aromatic nitrogens is 4. The van der Waals surface area contributed by atoms with E-state index < -0.39 is 11.9 Å². The first-order valence-electron chi connectivity index (χ1n) is 7.53. The number of hydrogen-bond acceptors (Lipinski definition) is 4. The van der Waals surface area contributed by atoms with E-state index in [9.17, 15) is 18.0 Å². The second-order valence-electron chi connectivity index (χ2n) is 5.85. The molecule has 6 nitrogen and oxygen atoms in total. The van der Waals surface area contributed by atoms with Crippen molar-refractivity contribution in [2.45, 2.75) is 32.5 Å². The molecule has 0 unspecified atom stereocenters. The molecule has 0 fully saturated rings. The molecule has 0 saturated carbocycles. The Kier molecular flexibility index (Phi) is 4.25. The molecule has 24 heavy (non-hydrogen) atoms. The molecule has 9 heteroatoms. The third-order valence-electron chi connectivity index (χ3n) is 3.95. The van der Waals surface area contributed by atoms with Gasteiger partial charge in [-0.1, -0.05) is 0 Å². The van der Waals surface area contributed by atoms with Crippen LogP contribution in [0.25, 0.3) is 0 Å². The van der Waals surface area contributed by atoms with Crippen molar-refractivity contribution >= 4 is 5.91 Å². The second-order valence-corrected chi connectivity index (χ2v) is 5.85. The van der Waals surface area contributed by atoms with E-state index in [1.165, 1.54) is 17.0 Å². The fourth-order valence-corrected chi connectivity index (χ4v) is 2.66. The Morgan fingerprint density at radius 2 is 2.17 bits per heavy atom. The van der Waals surface area contributed by atoms with Crippen LogP contribution in [0.2, 0.25) is 0 Å². The molecule has 0 aliphatic carbocycles. The lowest BCUT2D eigenvalue weighted by Crippen LogP contribution is -2.34. The summed E-state index contributed by atoms with van der Waals surface area (Å²) in [7, 11) is 0. The highest BCUT2D eigenvalue weighted by Crippen LogP contribution is 2.30. The molecule has 0 radical (unpaired) electrons. The average molecular weight is 339 g/mol. The van der Waals surface area contributed by atoms with Crippen LogP contribution in [-0.4, -0.2) is 32.0 Å². The molecule has 3 rings (SSSR count). The summed E-state index contributed by atoms with van der Waals surface area (Å²) in [6, 6.07) is 0. The van der Waals surface area contributed by atoms with Gasteiger partial charge in [0.2, 0.25) is 0 Å². The van der Waals surface area contributed by atoms with E-state index in [-0.39, 0.29) is 17.5 Å². The fraction of sp³-hybridized carbons (Fsp3) is 0.467. The lowest BCUT2D eigenvalue weighted by Gasteiger charge is -2.23. The van der Waals surface area contributed by atoms with Crippen molar-refractivity contribution in [3.05, 3.63) is 41.5 Å². The first kappa shape index (κ1) is 16.4. The van der Waals surface area contributed by atoms with E-state index >= 15 is 0 Å². The van der Waals surface area contributed by atoms with Gasteiger partial charge in [0, 0.05) is 31.9 Å². The van der Waals surface area contributed by atoms with Gasteiger partial charge in [0.1, 0.15) is 11.5 Å². The van der Waals surface area contributed by atoms with Crippen LogP contribution in [0, 0.1) is 12.8 Å². The van der Waals surface area contributed by atoms with Crippen molar-refractivity contribution in [1.29, 1.82) is 0 Å². The Morgan fingerprint density at radius 3 is 2.83 bits per heavy atom. The molecular weight excluding hydrogens is 323 g/mol. The minimum absolute atomic E-state index is 0.0511. The summed E-state index contributed by atoms with van der Waals surface area (Å²) >= 11 is 0. The number of nitrogens with zero attached hydrogens (tertiary/aromatic N) is 4. The minimum atomic E-state index is -4.43. The zero-order valence-electron chi connectivity index (χ0n) is 13.0. The van der Waals surface area contributed by atoms with Crippen LogP contribution in [-0.2, 0) is 19.1 Å². The van der Waals surface area contributed by atoms with Gasteiger partial charge < -0.3 is 9.88 Å². The number of halogens is 3. The molecular formula is C15H16F3N5O. The molecule has 0 spiro atoms. The summed E-state index contributed by atoms with van der Waals surface area (Å²) in [5.74, 6) is 0.152. The van der Waals surface area contributed by atoms with Crippen molar-refractivity contribution in [2.75, 3.05) is 6.54 Å². The van der Waals surface area contributed by atoms with Crippen molar-refractivity contribution in [1.82, 2.24) is 24.8 Å². The molecule has 1 aliphatic rings. The average Bonchev–Trinajstić information content (AvgIpc) is 2.97. The Balaban J connectivity index is 1.59. The van der Waals surface area contributed by atoms with Crippen molar-refractivity contribution in [3.63, 3.8) is 0 Å². The van der Waals surface area contributed by atoms with Crippen LogP contribution in [0.3, 0.4) is 0 Å². The summed E-state index contributed by atoms with van der Waals surface area (Å²) in [6.45, 7) is 2.54. The topological polar surface area (TPSA) is 72.7 Å². The molecule has 1 amide bonds. The Morgan fingerprint density at radius 1 is 1.38 bits per heavy atom. The number of aryl methyl sites for hydroxylation is 2. The molecule has 2 aromatic heterocycles. The fourth-order valence-electron chi connectivity index (χ4n) is 2.66. The van der Waals surface area contributed by atoms with Crippen LogP contribution in [0.15, 0.2) is 18.6 Å². The summed E-state index contributed by atoms with van der Waals surface area (Å²) in [5.41, 5.74) is 0.0724. The van der Waals surface area contributed by atoms with Crippen LogP contribution >= 0.6 is 0 Å². The maximum absolute atomic E-state index is 12.7. The van der Waals surface area contributed by atoms with Crippen LogP contribution in [0.1, 0.15) is 34.1 Å². The maximum Gasteiger partial charge on any atom is 0.434 e. The number of alkyl halides is 3. The van der Waals surface area contributed by atoms with E-state index in [0.29, 0.717) is 37.4 Å². The highest BCUT2D eigenvalue weighted by atomic mass is 19.4. The van der Waals surface area contributed by atoms with Gasteiger partial charge in [-0.25, -0.2) is 9.97 Å². The number of nitrogens with one attached hydrogen (secondary N) is 1. The first-order chi connectivity index (χ1) is 11.3. The van der Waals surface area contributed by atoms with Gasteiger partial charge in [-0.05, 0) is 19.3 Å². The zero-order valence-corrected chi connectivity index (χ0v) is 13.0. The predicted molar refractivity (Wildman–Crippen MR) is 78.1 cm³/mol. The van der Waals surface area contributed by atoms with E-state index in [1.54, 1.807) is 6.92 Å². The van der Waals surface area contributed by atoms with Gasteiger partial charge in [-0.3, -0.25) is 9.78 Å². The van der Waals surface area contributed by atoms with Gasteiger partial charge in [-0.2, -0.15) is 13.2 Å². The van der Waals surface area contributed by atoms with Crippen molar-refractivity contribution < 1.29 is 18.0 Å². The SMILES string of the molecule is Cc1cnc(C(=O)NC[C@H]2CCc3nc(C(F)(F)F)cn3C2)cn1. The molecule has 0 saturated heterocycles. The lowest BCUT2D eigenvalue weighted by atomic mass is 9.99. The van der Waals surface area contributed by atoms with Crippen LogP contribution in [0.5, 0.6) is 0 Å². The highest BCUT2D eigenvalue weighted by molar-refractivity contribution is 5.91. The number of amides is 1. The van der Waals surface area contributed by atoms with E-state index in [4.69, 9.17) is 0 Å². The van der Waals surface area contributed by atoms with Crippen molar-refractivity contribution in [2.24, 2.45) is 5.92 Å². The monoisotopic (exact) mass is 339 g/mol. The molecule has 1 N–H and O–H groups in total. The normalized spacial score (nSPS) is 17.4. The predicted octanol–water partition coefficient (Wildman–Crippen LogP) is 1.99. The van der Waals surface area contributed by atoms with Gasteiger partial charge >= 0.3 is 6.18 Å². The Labute approximate surface area is 136 Å². The largest absolute Gasteiger partial charge is 0.434 e. The Bertz CT molecular complexity index is 739. The van der Waals surface area contributed by atoms with Crippen LogP contribution < -0.4 is 5.32 Å². The third-order valence-corrected chi connectivity index (χ3v) is 3.95. The smallest absolute Gasteiger partial charge is 0.350 e. The molecule has 128 valence electrons. The number of imidazole rings is 1. The second kappa shape index (κ2) is 6.21. The lowest BCUT2D eigenvalue weighted by molar-refractivity contribution is -0.141. The van der Waals surface area contributed by atoms with E-state index in [0.717, 1.165) is 6.20 Å². The zero-order chi connectivity index (χ0) is 17.3. The van der Waals surface area contributed by atoms with E-state index in [2.05, 4.69) is 20.3 Å². The number of hydrogen-bond donors (Lipinski definition) is 1. The first-order valence-corrected chi connectivity index (χ1v) is 7.53. The molecule has 0 aromatic carbocycles. The number of rotatable bonds is 3. The number of carbonyl (C=O) groups excluding carboxylic acids is 1. The van der Waals surface area contributed by atoms with Crippen molar-refractivity contribution in [3.8, 4) is 0 Å². The van der Waals surface area contributed by atoms with Gasteiger partial charge in [0.25, 0.3) is 5.91 Å². The quantitative estimate of drug-likeness (QED) is 0.928. The summed E-state index contributed by atoms with van der Waals surface area (Å²) < 4.78 is 39.6. The van der Waals surface area contributed by atoms with Gasteiger partial charge in [-0.15, -0.1) is 0 Å². The number of carbonyl (C=O) groups is 1. The molecule has 2 aromatic rings. The van der Waals surface area contributed by atoms with Gasteiger partial charge in [0.15, 0.2) is 5.69 Å². The summed E-state index contributed by atoms with van der Waals surface area (Å²) in [6.07, 6.45) is 0.642. The summed E-state index contributed by atoms with van der Waals surface area (Å²) in [5, 5.41) is 2.76. The number of fused-ring (bicyclic) bond motifs is 1. The standard InChI is InChI=1S/C15H16F3N5O/c1-9-4-20-11(6-19-9)14(24)21-5-10-2-3-13-22-12(15(16,17)18)8-23(13)7-10/h4,6,8,10H,2-3,5,7H2,1H3,(H,21,24)/t10-/m1/s1. The molecule has 0 bridgehead atoms. The summed E-state index contributed by atoms with van der Waals surface area (Å²) in [4.78, 5) is 23.6. The molecule has 3 heterocycles. The van der Waals surface area contributed by atoms with Gasteiger partial charge in [0.05, 0.1) is 11.9 Å². The Hall–Kier alpha value is -2.45. The van der Waals surface area contributed by atoms with Crippen LogP contribution in [0.4, 0.5) is 13.2 Å².